The molecule has 140 valence electrons. The maximum atomic E-state index is 13.4. The lowest BCUT2D eigenvalue weighted by Gasteiger charge is -2.32. The van der Waals surface area contributed by atoms with Crippen molar-refractivity contribution in [3.05, 3.63) is 53.3 Å². The molecule has 0 aliphatic carbocycles. The zero-order chi connectivity index (χ0) is 19.0. The number of amides is 1. The van der Waals surface area contributed by atoms with Crippen LogP contribution in [0.25, 0.3) is 10.2 Å². The molecule has 1 saturated heterocycles. The lowest BCUT2D eigenvalue weighted by molar-refractivity contribution is -0.120. The summed E-state index contributed by atoms with van der Waals surface area (Å²) in [6, 6.07) is 10.7. The van der Waals surface area contributed by atoms with E-state index in [9.17, 15) is 9.18 Å². The molecule has 2 aromatic carbocycles. The van der Waals surface area contributed by atoms with E-state index in [2.05, 4.69) is 15.2 Å². The number of rotatable bonds is 3. The van der Waals surface area contributed by atoms with Gasteiger partial charge >= 0.3 is 0 Å². The second-order valence-corrected chi connectivity index (χ2v) is 8.16. The molecule has 27 heavy (non-hydrogen) atoms. The van der Waals surface area contributed by atoms with Gasteiger partial charge < -0.3 is 10.2 Å². The minimum atomic E-state index is -0.248. The van der Waals surface area contributed by atoms with Crippen LogP contribution in [0.15, 0.2) is 36.4 Å². The third-order valence-electron chi connectivity index (χ3n) is 5.13. The highest BCUT2D eigenvalue weighted by atomic mass is 32.1. The number of hydrogen-bond acceptors (Lipinski definition) is 4. The normalized spacial score (nSPS) is 17.3. The Morgan fingerprint density at radius 1 is 1.26 bits per heavy atom. The number of carbonyl (C=O) groups is 1. The standard InChI is InChI=1S/C21H22FN3OS/c1-13-5-3-6-14(2)19(13)24-20(26)15-7-4-10-25(12-15)21-23-17-9-8-16(22)11-18(17)27-21/h3,5-6,8-9,11,15H,4,7,10,12H2,1-2H3,(H,24,26). The van der Waals surface area contributed by atoms with E-state index in [1.165, 1.54) is 23.5 Å². The number of fused-ring (bicyclic) bond motifs is 1. The number of halogens is 1. The summed E-state index contributed by atoms with van der Waals surface area (Å²) < 4.78 is 14.3. The molecule has 0 radical (unpaired) electrons. The first-order chi connectivity index (χ1) is 13.0. The average molecular weight is 383 g/mol. The summed E-state index contributed by atoms with van der Waals surface area (Å²) >= 11 is 1.48. The van der Waals surface area contributed by atoms with Crippen molar-refractivity contribution in [2.45, 2.75) is 26.7 Å². The molecule has 2 heterocycles. The van der Waals surface area contributed by atoms with Crippen LogP contribution in [0.3, 0.4) is 0 Å². The smallest absolute Gasteiger partial charge is 0.229 e. The van der Waals surface area contributed by atoms with E-state index in [1.54, 1.807) is 6.07 Å². The second kappa shape index (κ2) is 7.27. The number of thiazole rings is 1. The van der Waals surface area contributed by atoms with Gasteiger partial charge in [0.05, 0.1) is 16.1 Å². The molecule has 1 aliphatic rings. The van der Waals surface area contributed by atoms with Gasteiger partial charge in [0.15, 0.2) is 5.13 Å². The fraction of sp³-hybridized carbons (Fsp3) is 0.333. The lowest BCUT2D eigenvalue weighted by Crippen LogP contribution is -2.40. The van der Waals surface area contributed by atoms with Gasteiger partial charge in [-0.2, -0.15) is 0 Å². The molecule has 3 aromatic rings. The number of aromatic nitrogens is 1. The van der Waals surface area contributed by atoms with Crippen LogP contribution < -0.4 is 10.2 Å². The first-order valence-corrected chi connectivity index (χ1v) is 10.0. The van der Waals surface area contributed by atoms with E-state index < -0.39 is 0 Å². The summed E-state index contributed by atoms with van der Waals surface area (Å²) in [5.41, 5.74) is 3.86. The van der Waals surface area contributed by atoms with Crippen molar-refractivity contribution in [3.8, 4) is 0 Å². The van der Waals surface area contributed by atoms with Gasteiger partial charge in [-0.3, -0.25) is 4.79 Å². The Balaban J connectivity index is 1.51. The van der Waals surface area contributed by atoms with E-state index in [0.29, 0.717) is 6.54 Å². The number of nitrogens with one attached hydrogen (secondary N) is 1. The largest absolute Gasteiger partial charge is 0.347 e. The van der Waals surface area contributed by atoms with Crippen LogP contribution in [0.1, 0.15) is 24.0 Å². The zero-order valence-corrected chi connectivity index (χ0v) is 16.3. The summed E-state index contributed by atoms with van der Waals surface area (Å²) in [6.07, 6.45) is 1.81. The number of nitrogens with zero attached hydrogens (tertiary/aromatic N) is 2. The molecule has 1 aliphatic heterocycles. The molecule has 6 heteroatoms. The molecule has 1 fully saturated rings. The topological polar surface area (TPSA) is 45.2 Å². The third-order valence-corrected chi connectivity index (χ3v) is 6.21. The molecule has 4 rings (SSSR count). The molecule has 0 spiro atoms. The number of para-hydroxylation sites is 1. The number of piperidine rings is 1. The van der Waals surface area contributed by atoms with Crippen LogP contribution >= 0.6 is 11.3 Å². The Morgan fingerprint density at radius 3 is 2.81 bits per heavy atom. The predicted octanol–water partition coefficient (Wildman–Crippen LogP) is 4.91. The predicted molar refractivity (Wildman–Crippen MR) is 109 cm³/mol. The summed E-state index contributed by atoms with van der Waals surface area (Å²) in [4.78, 5) is 19.6. The van der Waals surface area contributed by atoms with Crippen LogP contribution in [0.5, 0.6) is 0 Å². The molecule has 0 saturated carbocycles. The van der Waals surface area contributed by atoms with Gasteiger partial charge in [0, 0.05) is 18.8 Å². The van der Waals surface area contributed by atoms with Gasteiger partial charge in [0.25, 0.3) is 0 Å². The van der Waals surface area contributed by atoms with Crippen molar-refractivity contribution in [1.82, 2.24) is 4.98 Å². The van der Waals surface area contributed by atoms with E-state index in [0.717, 1.165) is 51.5 Å². The SMILES string of the molecule is Cc1cccc(C)c1NC(=O)C1CCCN(c2nc3ccc(F)cc3s2)C1. The van der Waals surface area contributed by atoms with Crippen molar-refractivity contribution in [1.29, 1.82) is 0 Å². The highest BCUT2D eigenvalue weighted by molar-refractivity contribution is 7.22. The highest BCUT2D eigenvalue weighted by Crippen LogP contribution is 2.32. The van der Waals surface area contributed by atoms with E-state index in [1.807, 2.05) is 32.0 Å². The van der Waals surface area contributed by atoms with Crippen molar-refractivity contribution in [2.24, 2.45) is 5.92 Å². The van der Waals surface area contributed by atoms with E-state index in [-0.39, 0.29) is 17.6 Å². The Morgan fingerprint density at radius 2 is 2.04 bits per heavy atom. The van der Waals surface area contributed by atoms with Gasteiger partial charge in [-0.05, 0) is 56.0 Å². The molecule has 1 aromatic heterocycles. The summed E-state index contributed by atoms with van der Waals surface area (Å²) in [5, 5.41) is 3.98. The summed E-state index contributed by atoms with van der Waals surface area (Å²) in [6.45, 7) is 5.53. The Bertz CT molecular complexity index is 980. The molecule has 1 unspecified atom stereocenters. The first kappa shape index (κ1) is 17.9. The van der Waals surface area contributed by atoms with Gasteiger partial charge in [-0.25, -0.2) is 9.37 Å². The van der Waals surface area contributed by atoms with Crippen LogP contribution in [0, 0.1) is 25.6 Å². The van der Waals surface area contributed by atoms with Crippen molar-refractivity contribution < 1.29 is 9.18 Å². The Kier molecular flexibility index (Phi) is 4.83. The van der Waals surface area contributed by atoms with Crippen LogP contribution in [0.2, 0.25) is 0 Å². The maximum Gasteiger partial charge on any atom is 0.229 e. The number of aryl methyl sites for hydroxylation is 2. The van der Waals surface area contributed by atoms with E-state index in [4.69, 9.17) is 0 Å². The summed E-state index contributed by atoms with van der Waals surface area (Å²) in [7, 11) is 0. The zero-order valence-electron chi connectivity index (χ0n) is 15.5. The summed E-state index contributed by atoms with van der Waals surface area (Å²) in [5.74, 6) is -0.270. The van der Waals surface area contributed by atoms with Gasteiger partial charge in [0.2, 0.25) is 5.91 Å². The Hall–Kier alpha value is -2.47. The first-order valence-electron chi connectivity index (χ1n) is 9.19. The molecular weight excluding hydrogens is 361 g/mol. The maximum absolute atomic E-state index is 13.4. The van der Waals surface area contributed by atoms with Crippen LogP contribution in [-0.4, -0.2) is 24.0 Å². The van der Waals surface area contributed by atoms with Crippen molar-refractivity contribution in [2.75, 3.05) is 23.3 Å². The van der Waals surface area contributed by atoms with Gasteiger partial charge in [-0.1, -0.05) is 29.5 Å². The number of hydrogen-bond donors (Lipinski definition) is 1. The Labute approximate surface area is 162 Å². The van der Waals surface area contributed by atoms with Crippen LogP contribution in [0.4, 0.5) is 15.2 Å². The molecule has 1 amide bonds. The highest BCUT2D eigenvalue weighted by Gasteiger charge is 2.28. The minimum absolute atomic E-state index is 0.0595. The molecular formula is C21H22FN3OS. The molecule has 1 atom stereocenters. The van der Waals surface area contributed by atoms with Gasteiger partial charge in [-0.15, -0.1) is 0 Å². The molecule has 0 bridgehead atoms. The fourth-order valence-electron chi connectivity index (χ4n) is 3.62. The third kappa shape index (κ3) is 3.67. The number of benzene rings is 2. The van der Waals surface area contributed by atoms with Gasteiger partial charge in [0.1, 0.15) is 5.82 Å². The van der Waals surface area contributed by atoms with Crippen molar-refractivity contribution in [3.63, 3.8) is 0 Å². The molecule has 4 nitrogen and oxygen atoms in total. The van der Waals surface area contributed by atoms with Crippen LogP contribution in [-0.2, 0) is 4.79 Å². The second-order valence-electron chi connectivity index (χ2n) is 7.15. The lowest BCUT2D eigenvalue weighted by atomic mass is 9.97. The quantitative estimate of drug-likeness (QED) is 0.699. The fourth-order valence-corrected chi connectivity index (χ4v) is 4.65. The minimum Gasteiger partial charge on any atom is -0.347 e. The molecule has 1 N–H and O–H groups in total. The average Bonchev–Trinajstić information content (AvgIpc) is 3.08. The van der Waals surface area contributed by atoms with Crippen molar-refractivity contribution >= 4 is 38.3 Å². The number of anilines is 2. The number of carbonyl (C=O) groups excluding carboxylic acids is 1. The monoisotopic (exact) mass is 383 g/mol. The van der Waals surface area contributed by atoms with E-state index >= 15 is 0 Å².